The lowest BCUT2D eigenvalue weighted by atomic mass is 10.0. The first kappa shape index (κ1) is 24.8. The first-order valence-corrected chi connectivity index (χ1v) is 12.0. The van der Waals surface area contributed by atoms with Crippen LogP contribution in [0.1, 0.15) is 16.1 Å². The maximum Gasteiger partial charge on any atom is 0.292 e. The Bertz CT molecular complexity index is 1560. The molecule has 1 fully saturated rings. The summed E-state index contributed by atoms with van der Waals surface area (Å²) in [6.07, 6.45) is 5.57. The molecule has 196 valence electrons. The van der Waals surface area contributed by atoms with Gasteiger partial charge in [0, 0.05) is 16.7 Å². The number of carboxylic acid groups (broad SMARTS) is 1. The van der Waals surface area contributed by atoms with Gasteiger partial charge in [-0.1, -0.05) is 5.16 Å². The molecule has 5 heterocycles. The van der Waals surface area contributed by atoms with Crippen molar-refractivity contribution in [2.24, 2.45) is 10.9 Å². The number of fused-ring (bicyclic) bond motifs is 2. The lowest BCUT2D eigenvalue weighted by Crippen LogP contribution is -2.71. The second-order valence-corrected chi connectivity index (χ2v) is 9.31. The normalized spacial score (nSPS) is 19.2. The number of nitrogens with one attached hydrogen (secondary N) is 1. The van der Waals surface area contributed by atoms with Crippen LogP contribution in [0.25, 0.3) is 11.0 Å². The molecular formula is C22H19N7O8S. The van der Waals surface area contributed by atoms with E-state index in [4.69, 9.17) is 25.1 Å². The molecule has 2 atom stereocenters. The first-order chi connectivity index (χ1) is 18.2. The van der Waals surface area contributed by atoms with E-state index in [0.717, 1.165) is 11.2 Å². The number of nitrogens with two attached hydrogens (primary N) is 2. The number of aromatic nitrogens is 2. The summed E-state index contributed by atoms with van der Waals surface area (Å²) < 4.78 is 11.8. The van der Waals surface area contributed by atoms with Crippen LogP contribution in [0.2, 0.25) is 0 Å². The number of anilines is 1. The van der Waals surface area contributed by atoms with Crippen molar-refractivity contribution in [3.8, 4) is 0 Å². The number of primary amides is 1. The summed E-state index contributed by atoms with van der Waals surface area (Å²) in [5.41, 5.74) is 11.3. The van der Waals surface area contributed by atoms with Crippen LogP contribution in [-0.2, 0) is 25.8 Å². The summed E-state index contributed by atoms with van der Waals surface area (Å²) in [6.45, 7) is 0.0129. The maximum atomic E-state index is 13.0. The molecule has 3 amide bonds. The fourth-order valence-electron chi connectivity index (χ4n) is 4.27. The minimum atomic E-state index is -1.56. The highest BCUT2D eigenvalue weighted by atomic mass is 32.2. The van der Waals surface area contributed by atoms with Crippen molar-refractivity contribution >= 4 is 58.1 Å². The highest BCUT2D eigenvalue weighted by molar-refractivity contribution is 8.00. The van der Waals surface area contributed by atoms with Gasteiger partial charge in [0.05, 0.1) is 17.9 Å². The van der Waals surface area contributed by atoms with Crippen LogP contribution < -0.4 is 26.5 Å². The molecule has 5 N–H and O–H groups in total. The zero-order chi connectivity index (χ0) is 27.1. The topological polar surface area (TPSA) is 223 Å². The first-order valence-electron chi connectivity index (χ1n) is 10.9. The van der Waals surface area contributed by atoms with Crippen LogP contribution in [0.3, 0.4) is 0 Å². The lowest BCUT2D eigenvalue weighted by molar-refractivity contribution is -0.688. The van der Waals surface area contributed by atoms with Gasteiger partial charge < -0.3 is 40.4 Å². The molecule has 0 radical (unpaired) electrons. The summed E-state index contributed by atoms with van der Waals surface area (Å²) in [5, 5.41) is 18.1. The number of oxazole rings is 1. The van der Waals surface area contributed by atoms with Gasteiger partial charge in [-0.15, -0.1) is 11.8 Å². The summed E-state index contributed by atoms with van der Waals surface area (Å²) in [5.74, 6) is -3.51. The second-order valence-electron chi connectivity index (χ2n) is 8.20. The monoisotopic (exact) mass is 541 g/mol. The largest absolute Gasteiger partial charge is 0.543 e. The van der Waals surface area contributed by atoms with Crippen molar-refractivity contribution in [2.45, 2.75) is 18.0 Å². The van der Waals surface area contributed by atoms with E-state index in [2.05, 4.69) is 15.5 Å². The van der Waals surface area contributed by atoms with Crippen LogP contribution in [0.15, 0.2) is 56.2 Å². The number of β-lactam (4-membered cyclic amide) rings is 1. The average Bonchev–Trinajstić information content (AvgIpc) is 3.53. The van der Waals surface area contributed by atoms with Crippen LogP contribution in [0.5, 0.6) is 0 Å². The van der Waals surface area contributed by atoms with Crippen molar-refractivity contribution in [3.05, 3.63) is 53.5 Å². The third-order valence-electron chi connectivity index (χ3n) is 5.89. The Kier molecular flexibility index (Phi) is 6.23. The van der Waals surface area contributed by atoms with Crippen molar-refractivity contribution < 1.29 is 42.5 Å². The molecule has 1 saturated heterocycles. The zero-order valence-electron chi connectivity index (χ0n) is 19.6. The predicted molar refractivity (Wildman–Crippen MR) is 126 cm³/mol. The highest BCUT2D eigenvalue weighted by Gasteiger charge is 2.53. The molecule has 2 aliphatic heterocycles. The number of nitrogen functional groups attached to an aromatic ring is 1. The average molecular weight is 542 g/mol. The van der Waals surface area contributed by atoms with E-state index in [0.29, 0.717) is 16.5 Å². The van der Waals surface area contributed by atoms with Crippen LogP contribution in [0.4, 0.5) is 6.01 Å². The highest BCUT2D eigenvalue weighted by Crippen LogP contribution is 2.40. The van der Waals surface area contributed by atoms with Crippen LogP contribution >= 0.6 is 11.8 Å². The van der Waals surface area contributed by atoms with Crippen molar-refractivity contribution in [1.82, 2.24) is 15.2 Å². The number of carboxylic acids is 1. The molecular weight excluding hydrogens is 522 g/mol. The van der Waals surface area contributed by atoms with Gasteiger partial charge in [-0.2, -0.15) is 9.55 Å². The molecule has 15 nitrogen and oxygen atoms in total. The number of carbonyl (C=O) groups is 4. The van der Waals surface area contributed by atoms with Crippen molar-refractivity contribution in [1.29, 1.82) is 0 Å². The van der Waals surface area contributed by atoms with Gasteiger partial charge in [0.25, 0.3) is 23.7 Å². The maximum absolute atomic E-state index is 13.0. The van der Waals surface area contributed by atoms with E-state index in [1.165, 1.54) is 31.3 Å². The Labute approximate surface area is 217 Å². The molecule has 38 heavy (non-hydrogen) atoms. The third kappa shape index (κ3) is 4.19. The molecule has 0 aromatic carbocycles. The summed E-state index contributed by atoms with van der Waals surface area (Å²) in [7, 11) is 1.22. The quantitative estimate of drug-likeness (QED) is 0.121. The number of aliphatic carboxylic acids is 1. The number of oxime groups is 1. The number of hydrogen-bond donors (Lipinski definition) is 3. The number of pyridine rings is 1. The molecule has 3 aromatic rings. The summed E-state index contributed by atoms with van der Waals surface area (Å²) in [4.78, 5) is 59.5. The van der Waals surface area contributed by atoms with Gasteiger partial charge in [0.15, 0.2) is 24.0 Å². The molecule has 3 aromatic heterocycles. The van der Waals surface area contributed by atoms with Crippen molar-refractivity contribution in [3.63, 3.8) is 0 Å². The predicted octanol–water partition coefficient (Wildman–Crippen LogP) is -2.16. The Hall–Kier alpha value is -4.86. The standard InChI is InChI=1S/C22H19N7O8S/c1-35-27-14(12-7-37-22(24)25-12)18(31)26-15-19(32)29-16(21(33)34)9(8-38-20(15)29)4-28-5-11(17(23)30)10-2-3-36-13(10)6-28/h2-3,5-7,15,20H,4,8H2,1H3,(H5-,23,24,25,26,30,31,33,34)/t15?,20-/m0/s1. The van der Waals surface area contributed by atoms with E-state index in [-0.39, 0.29) is 41.0 Å². The van der Waals surface area contributed by atoms with Gasteiger partial charge in [-0.25, -0.2) is 0 Å². The van der Waals surface area contributed by atoms with Crippen LogP contribution in [-0.4, -0.2) is 63.6 Å². The SMILES string of the molecule is CON=C(C(=O)NC1C(=O)N2C(C(=O)[O-])=C(C[n+]3cc(C(N)=O)c4ccoc4c3)CS[C@@H]12)c1coc(N)n1. The fraction of sp³-hybridized carbons (Fsp3) is 0.227. The van der Waals surface area contributed by atoms with Gasteiger partial charge in [-0.05, 0) is 6.07 Å². The summed E-state index contributed by atoms with van der Waals surface area (Å²) in [6, 6.07) is 0.345. The number of hydrogen-bond acceptors (Lipinski definition) is 12. The minimum absolute atomic E-state index is 0.0129. The van der Waals surface area contributed by atoms with E-state index in [1.54, 1.807) is 16.8 Å². The lowest BCUT2D eigenvalue weighted by Gasteiger charge is -2.50. The molecule has 0 spiro atoms. The molecule has 2 aliphatic rings. The van der Waals surface area contributed by atoms with Gasteiger partial charge >= 0.3 is 0 Å². The Morgan fingerprint density at radius 2 is 2.16 bits per heavy atom. The number of thioether (sulfide) groups is 1. The van der Waals surface area contributed by atoms with Crippen molar-refractivity contribution in [2.75, 3.05) is 18.6 Å². The van der Waals surface area contributed by atoms with Gasteiger partial charge in [0.2, 0.25) is 6.20 Å². The summed E-state index contributed by atoms with van der Waals surface area (Å²) >= 11 is 1.24. The Balaban J connectivity index is 1.39. The second kappa shape index (κ2) is 9.55. The number of furan rings is 1. The van der Waals surface area contributed by atoms with Gasteiger partial charge in [0.1, 0.15) is 36.0 Å². The molecule has 1 unspecified atom stereocenters. The molecule has 0 bridgehead atoms. The van der Waals surface area contributed by atoms with E-state index in [9.17, 15) is 24.3 Å². The molecule has 0 saturated carbocycles. The number of rotatable bonds is 8. The molecule has 5 rings (SSSR count). The number of nitrogens with zero attached hydrogens (tertiary/aromatic N) is 4. The third-order valence-corrected chi connectivity index (χ3v) is 7.23. The number of amides is 3. The molecule has 0 aliphatic carbocycles. The Morgan fingerprint density at radius 3 is 2.82 bits per heavy atom. The van der Waals surface area contributed by atoms with Crippen LogP contribution in [0, 0.1) is 0 Å². The Morgan fingerprint density at radius 1 is 1.37 bits per heavy atom. The van der Waals surface area contributed by atoms with E-state index >= 15 is 0 Å². The minimum Gasteiger partial charge on any atom is -0.543 e. The zero-order valence-corrected chi connectivity index (χ0v) is 20.4. The fourth-order valence-corrected chi connectivity index (χ4v) is 5.61. The van der Waals surface area contributed by atoms with E-state index < -0.39 is 35.1 Å². The smallest absolute Gasteiger partial charge is 0.292 e. The van der Waals surface area contributed by atoms with Gasteiger partial charge in [-0.3, -0.25) is 19.3 Å². The molecule has 16 heteroatoms. The van der Waals surface area contributed by atoms with E-state index in [1.807, 2.05) is 0 Å². The number of carbonyl (C=O) groups excluding carboxylic acids is 4.